The summed E-state index contributed by atoms with van der Waals surface area (Å²) >= 11 is 1.40. The van der Waals surface area contributed by atoms with E-state index < -0.39 is 5.63 Å². The van der Waals surface area contributed by atoms with Crippen molar-refractivity contribution in [2.24, 2.45) is 0 Å². The summed E-state index contributed by atoms with van der Waals surface area (Å²) in [4.78, 5) is 27.2. The van der Waals surface area contributed by atoms with E-state index in [4.69, 9.17) is 4.42 Å². The van der Waals surface area contributed by atoms with Crippen LogP contribution in [-0.4, -0.2) is 17.6 Å². The fourth-order valence-electron chi connectivity index (χ4n) is 2.03. The Morgan fingerprint density at radius 3 is 2.86 bits per heavy atom. The number of amides is 2. The van der Waals surface area contributed by atoms with Gasteiger partial charge in [0, 0.05) is 12.6 Å². The third-order valence-electron chi connectivity index (χ3n) is 2.98. The van der Waals surface area contributed by atoms with Gasteiger partial charge in [-0.15, -0.1) is 0 Å². The van der Waals surface area contributed by atoms with E-state index >= 15 is 0 Å². The Balaban J connectivity index is 1.93. The molecule has 3 aromatic rings. The van der Waals surface area contributed by atoms with Crippen LogP contribution in [0.4, 0.5) is 9.93 Å². The minimum absolute atomic E-state index is 0.276. The van der Waals surface area contributed by atoms with Crippen molar-refractivity contribution >= 4 is 32.7 Å². The monoisotopic (exact) mass is 315 g/mol. The van der Waals surface area contributed by atoms with Crippen LogP contribution in [0.2, 0.25) is 0 Å². The quantitative estimate of drug-likeness (QED) is 0.778. The number of rotatable bonds is 3. The van der Waals surface area contributed by atoms with Gasteiger partial charge < -0.3 is 9.73 Å². The first-order valence-corrected chi connectivity index (χ1v) is 7.52. The number of anilines is 1. The Morgan fingerprint density at radius 1 is 1.27 bits per heavy atom. The lowest BCUT2D eigenvalue weighted by molar-refractivity contribution is 0.252. The summed E-state index contributed by atoms with van der Waals surface area (Å²) in [5, 5.41) is 5.88. The average molecular weight is 315 g/mol. The van der Waals surface area contributed by atoms with Gasteiger partial charge in [-0.2, -0.15) is 0 Å². The van der Waals surface area contributed by atoms with Crippen LogP contribution < -0.4 is 16.3 Å². The predicted octanol–water partition coefficient (Wildman–Crippen LogP) is 3.06. The summed E-state index contributed by atoms with van der Waals surface area (Å²) < 4.78 is 5.68. The molecule has 3 rings (SSSR count). The fourth-order valence-corrected chi connectivity index (χ4v) is 2.87. The van der Waals surface area contributed by atoms with E-state index in [1.807, 2.05) is 25.1 Å². The second kappa shape index (κ2) is 5.98. The van der Waals surface area contributed by atoms with Crippen molar-refractivity contribution in [2.75, 3.05) is 11.9 Å². The van der Waals surface area contributed by atoms with Gasteiger partial charge in [0.05, 0.1) is 16.5 Å². The van der Waals surface area contributed by atoms with Crippen molar-refractivity contribution in [3.05, 3.63) is 47.0 Å². The van der Waals surface area contributed by atoms with E-state index in [0.717, 1.165) is 21.3 Å². The van der Waals surface area contributed by atoms with Crippen LogP contribution in [0, 0.1) is 0 Å². The summed E-state index contributed by atoms with van der Waals surface area (Å²) in [5.41, 5.74) is 2.01. The molecule has 0 aliphatic carbocycles. The molecule has 7 heteroatoms. The van der Waals surface area contributed by atoms with Crippen LogP contribution in [0.15, 0.2) is 45.8 Å². The Kier molecular flexibility index (Phi) is 3.88. The second-order valence-corrected chi connectivity index (χ2v) is 5.56. The predicted molar refractivity (Wildman–Crippen MR) is 86.3 cm³/mol. The Bertz CT molecular complexity index is 885. The fraction of sp³-hybridized carbons (Fsp3) is 0.133. The van der Waals surface area contributed by atoms with Gasteiger partial charge in [0.2, 0.25) is 0 Å². The molecule has 0 atom stereocenters. The van der Waals surface area contributed by atoms with E-state index in [9.17, 15) is 9.59 Å². The number of carbonyl (C=O) groups excluding carboxylic acids is 1. The van der Waals surface area contributed by atoms with Crippen LogP contribution in [0.1, 0.15) is 6.92 Å². The number of aromatic nitrogens is 1. The summed E-state index contributed by atoms with van der Waals surface area (Å²) in [6, 6.07) is 8.58. The van der Waals surface area contributed by atoms with Crippen molar-refractivity contribution in [2.45, 2.75) is 6.92 Å². The maximum absolute atomic E-state index is 11.5. The zero-order valence-corrected chi connectivity index (χ0v) is 12.6. The molecule has 0 spiro atoms. The molecule has 0 radical (unpaired) electrons. The number of benzene rings is 1. The minimum atomic E-state index is -0.394. The molecule has 0 saturated heterocycles. The Morgan fingerprint density at radius 2 is 2.09 bits per heavy atom. The zero-order valence-electron chi connectivity index (χ0n) is 11.8. The summed E-state index contributed by atoms with van der Waals surface area (Å²) in [6.45, 7) is 2.40. The van der Waals surface area contributed by atoms with Gasteiger partial charge in [0.1, 0.15) is 0 Å². The number of fused-ring (bicyclic) bond motifs is 1. The number of thiazole rings is 1. The third-order valence-corrected chi connectivity index (χ3v) is 3.94. The lowest BCUT2D eigenvalue weighted by Gasteiger charge is -2.00. The Hall–Kier alpha value is -2.67. The smallest absolute Gasteiger partial charge is 0.336 e. The second-order valence-electron chi connectivity index (χ2n) is 4.53. The highest BCUT2D eigenvalue weighted by Crippen LogP contribution is 2.29. The molecule has 0 bridgehead atoms. The van der Waals surface area contributed by atoms with Gasteiger partial charge in [-0.1, -0.05) is 17.4 Å². The van der Waals surface area contributed by atoms with Crippen molar-refractivity contribution in [1.82, 2.24) is 10.3 Å². The molecule has 0 unspecified atom stereocenters. The van der Waals surface area contributed by atoms with Gasteiger partial charge >= 0.3 is 11.7 Å². The van der Waals surface area contributed by atoms with Gasteiger partial charge in [0.15, 0.2) is 5.13 Å². The average Bonchev–Trinajstić information content (AvgIpc) is 2.88. The standard InChI is InChI=1S/C15H13N3O3S/c1-2-16-14(20)18-15-17-11-7-9(3-4-12(11)22-15)10-5-6-21-13(19)8-10/h3-8H,2H2,1H3,(H2,16,17,18,20). The first kappa shape index (κ1) is 14.3. The highest BCUT2D eigenvalue weighted by molar-refractivity contribution is 7.22. The molecule has 2 N–H and O–H groups in total. The molecule has 2 aromatic heterocycles. The topological polar surface area (TPSA) is 84.2 Å². The number of urea groups is 1. The number of nitrogens with zero attached hydrogens (tertiary/aromatic N) is 1. The van der Waals surface area contributed by atoms with Crippen LogP contribution in [0.3, 0.4) is 0 Å². The SMILES string of the molecule is CCNC(=O)Nc1nc2cc(-c3ccoc(=O)c3)ccc2s1. The van der Waals surface area contributed by atoms with Crippen molar-refractivity contribution in [1.29, 1.82) is 0 Å². The zero-order chi connectivity index (χ0) is 15.5. The van der Waals surface area contributed by atoms with Crippen LogP contribution in [0.25, 0.3) is 21.3 Å². The van der Waals surface area contributed by atoms with Gasteiger partial charge in [-0.25, -0.2) is 14.6 Å². The Labute approximate surface area is 129 Å². The number of hydrogen-bond donors (Lipinski definition) is 2. The maximum atomic E-state index is 11.5. The number of hydrogen-bond acceptors (Lipinski definition) is 5. The molecule has 0 saturated carbocycles. The van der Waals surface area contributed by atoms with E-state index in [2.05, 4.69) is 15.6 Å². The molecular weight excluding hydrogens is 302 g/mol. The van der Waals surface area contributed by atoms with Gasteiger partial charge in [-0.3, -0.25) is 5.32 Å². The summed E-state index contributed by atoms with van der Waals surface area (Å²) in [7, 11) is 0. The lowest BCUT2D eigenvalue weighted by atomic mass is 10.1. The van der Waals surface area contributed by atoms with Crippen molar-refractivity contribution < 1.29 is 9.21 Å². The van der Waals surface area contributed by atoms with Gasteiger partial charge in [-0.05, 0) is 36.2 Å². The maximum Gasteiger partial charge on any atom is 0.336 e. The molecule has 2 amide bonds. The first-order chi connectivity index (χ1) is 10.7. The van der Waals surface area contributed by atoms with Crippen molar-refractivity contribution in [3.63, 3.8) is 0 Å². The lowest BCUT2D eigenvalue weighted by Crippen LogP contribution is -2.28. The first-order valence-electron chi connectivity index (χ1n) is 6.70. The molecule has 112 valence electrons. The van der Waals surface area contributed by atoms with E-state index in [1.165, 1.54) is 23.7 Å². The number of nitrogens with one attached hydrogen (secondary N) is 2. The molecule has 1 aromatic carbocycles. The van der Waals surface area contributed by atoms with Crippen LogP contribution in [-0.2, 0) is 0 Å². The number of carbonyl (C=O) groups is 1. The van der Waals surface area contributed by atoms with Crippen LogP contribution in [0.5, 0.6) is 0 Å². The highest BCUT2D eigenvalue weighted by atomic mass is 32.1. The van der Waals surface area contributed by atoms with E-state index in [-0.39, 0.29) is 6.03 Å². The normalized spacial score (nSPS) is 10.6. The molecule has 2 heterocycles. The highest BCUT2D eigenvalue weighted by Gasteiger charge is 2.08. The molecule has 0 fully saturated rings. The van der Waals surface area contributed by atoms with Gasteiger partial charge in [0.25, 0.3) is 0 Å². The summed E-state index contributed by atoms with van der Waals surface area (Å²) in [5.74, 6) is 0. The third kappa shape index (κ3) is 2.99. The molecule has 0 aliphatic rings. The molecule has 6 nitrogen and oxygen atoms in total. The minimum Gasteiger partial charge on any atom is -0.431 e. The molecule has 22 heavy (non-hydrogen) atoms. The molecular formula is C15H13N3O3S. The van der Waals surface area contributed by atoms with Crippen LogP contribution >= 0.6 is 11.3 Å². The van der Waals surface area contributed by atoms with Crippen molar-refractivity contribution in [3.8, 4) is 11.1 Å². The van der Waals surface area contributed by atoms with E-state index in [1.54, 1.807) is 6.07 Å². The van der Waals surface area contributed by atoms with E-state index in [0.29, 0.717) is 11.7 Å². The summed E-state index contributed by atoms with van der Waals surface area (Å²) in [6.07, 6.45) is 1.37. The molecule has 0 aliphatic heterocycles. The largest absolute Gasteiger partial charge is 0.431 e.